The van der Waals surface area contributed by atoms with Crippen molar-refractivity contribution in [3.05, 3.63) is 111 Å². The molecule has 0 saturated carbocycles. The molecule has 2 saturated heterocycles. The molecule has 2 aromatic heterocycles. The molecule has 3 N–H and O–H groups in total. The largest absolute Gasteiger partial charge is 0.476 e. The van der Waals surface area contributed by atoms with Gasteiger partial charge in [-0.05, 0) is 123 Å². The Morgan fingerprint density at radius 2 is 1.78 bits per heavy atom. The van der Waals surface area contributed by atoms with Gasteiger partial charge in [0.2, 0.25) is 13.2 Å². The molecule has 0 unspecified atom stereocenters. The number of sulfonamides is 1. The maximum absolute atomic E-state index is 14.4. The Morgan fingerprint density at radius 1 is 1.01 bits per heavy atom. The first-order valence-electron chi connectivity index (χ1n) is 23.9. The first-order chi connectivity index (χ1) is 33.1. The van der Waals surface area contributed by atoms with Gasteiger partial charge in [0.25, 0.3) is 21.6 Å². The van der Waals surface area contributed by atoms with Crippen molar-refractivity contribution in [1.82, 2.24) is 19.6 Å². The van der Waals surface area contributed by atoms with Crippen molar-refractivity contribution in [3.8, 4) is 5.88 Å². The molecule has 1 aliphatic carbocycles. The van der Waals surface area contributed by atoms with E-state index in [1.54, 1.807) is 12.3 Å². The molecule has 1 amide bonds. The summed E-state index contributed by atoms with van der Waals surface area (Å²) in [6.07, 6.45) is 7.76. The highest BCUT2D eigenvalue weighted by Crippen LogP contribution is 2.52. The van der Waals surface area contributed by atoms with Crippen molar-refractivity contribution in [2.75, 3.05) is 86.5 Å². The molecular weight excluding hydrogens is 939 g/mol. The van der Waals surface area contributed by atoms with E-state index in [1.807, 2.05) is 48.2 Å². The first kappa shape index (κ1) is 48.6. The van der Waals surface area contributed by atoms with Crippen LogP contribution in [0.1, 0.15) is 75.2 Å². The number of anilines is 4. The molecule has 5 aromatic rings. The number of halogens is 1. The fourth-order valence-corrected chi connectivity index (χ4v) is 13.7. The molecule has 4 aliphatic rings. The van der Waals surface area contributed by atoms with Gasteiger partial charge in [0.05, 0.1) is 34.3 Å². The maximum Gasteiger partial charge on any atom is 0.293 e. The predicted molar refractivity (Wildman–Crippen MR) is 272 cm³/mol. The number of nitro groups is 1. The summed E-state index contributed by atoms with van der Waals surface area (Å²) in [6, 6.07) is 21.0. The highest BCUT2D eigenvalue weighted by molar-refractivity contribution is 7.90. The number of carbonyl (C=O) groups excluding carboxylic acids is 1. The van der Waals surface area contributed by atoms with Crippen LogP contribution in [0.2, 0.25) is 5.02 Å². The number of piperazine rings is 1. The van der Waals surface area contributed by atoms with E-state index in [-0.39, 0.29) is 22.6 Å². The van der Waals surface area contributed by atoms with Crippen molar-refractivity contribution in [1.29, 1.82) is 0 Å². The quantitative estimate of drug-likeness (QED) is 0.0541. The molecule has 3 aromatic carbocycles. The average Bonchev–Trinajstić information content (AvgIpc) is 3.69. The van der Waals surface area contributed by atoms with Crippen LogP contribution in [-0.2, 0) is 19.1 Å². The SMILES string of the molecule is CCOP1(=O)CCC(CNc2ccc(S(=O)(=O)NC(=O)c3ccc(N4CCN(CC5=C(c6ccc(Cl)cc6)CC(C)(C)CC5)CC4)cc3N3CCCOc4nc5[nH]ccc5cc43)cc2[N+](=O)[O-])CC1. The van der Waals surface area contributed by atoms with Crippen LogP contribution in [0.5, 0.6) is 5.88 Å². The van der Waals surface area contributed by atoms with Crippen molar-refractivity contribution in [2.45, 2.75) is 64.2 Å². The molecular formula is C50H60ClN8O8PS. The van der Waals surface area contributed by atoms with Gasteiger partial charge in [-0.25, -0.2) is 13.1 Å². The zero-order valence-electron chi connectivity index (χ0n) is 39.3. The fourth-order valence-electron chi connectivity index (χ4n) is 10.1. The van der Waals surface area contributed by atoms with Crippen LogP contribution < -0.4 is 24.6 Å². The number of carbonyl (C=O) groups is 1. The topological polar surface area (TPSA) is 192 Å². The number of hydrogen-bond donors (Lipinski definition) is 3. The summed E-state index contributed by atoms with van der Waals surface area (Å²) in [7, 11) is -7.26. The van der Waals surface area contributed by atoms with Gasteiger partial charge in [-0.2, -0.15) is 4.98 Å². The number of nitrogens with zero attached hydrogens (tertiary/aromatic N) is 5. The van der Waals surface area contributed by atoms with Crippen LogP contribution >= 0.6 is 19.0 Å². The summed E-state index contributed by atoms with van der Waals surface area (Å²) in [6.45, 7) is 12.1. The standard InChI is InChI=1S/C50H60ClN8O8PS/c1-4-67-68(63)26-16-34(17-27-68)32-53-43-13-11-40(30-45(43)59(61)62)69(64,65)55-48(60)41-12-10-39(29-44(41)58-20-5-25-66-49-46(58)28-36-15-19-52-47(36)54-49)57-23-21-56(22-24-57)33-37-14-18-50(2,3)31-42(37)35-6-8-38(51)9-7-35/h6-13,15,19,28-30,34,53H,4-5,14,16-18,20-27,31-33H2,1-3H3,(H,52,54)(H,55,60). The van der Waals surface area contributed by atoms with Crippen LogP contribution in [0.3, 0.4) is 0 Å². The normalized spacial score (nSPS) is 21.1. The molecule has 366 valence electrons. The van der Waals surface area contributed by atoms with Crippen molar-refractivity contribution >= 4 is 79.9 Å². The number of allylic oxidation sites excluding steroid dienone is 1. The number of benzene rings is 3. The number of amides is 1. The smallest absolute Gasteiger partial charge is 0.293 e. The second-order valence-electron chi connectivity index (χ2n) is 19.4. The lowest BCUT2D eigenvalue weighted by atomic mass is 9.72. The van der Waals surface area contributed by atoms with Gasteiger partial charge in [0.1, 0.15) is 17.0 Å². The highest BCUT2D eigenvalue weighted by atomic mass is 35.5. The van der Waals surface area contributed by atoms with Gasteiger partial charge in [-0.3, -0.25) is 24.4 Å². The van der Waals surface area contributed by atoms with E-state index < -0.39 is 38.8 Å². The molecule has 0 spiro atoms. The number of nitro benzene ring substituents is 1. The number of ether oxygens (including phenoxy) is 1. The van der Waals surface area contributed by atoms with Gasteiger partial charge < -0.3 is 29.4 Å². The van der Waals surface area contributed by atoms with E-state index in [1.165, 1.54) is 28.8 Å². The summed E-state index contributed by atoms with van der Waals surface area (Å²) >= 11 is 6.28. The zero-order valence-corrected chi connectivity index (χ0v) is 41.8. The molecule has 19 heteroatoms. The molecule has 0 radical (unpaired) electrons. The van der Waals surface area contributed by atoms with Gasteiger partial charge in [-0.15, -0.1) is 0 Å². The predicted octanol–water partition coefficient (Wildman–Crippen LogP) is 10.1. The third-order valence-corrected chi connectivity index (χ3v) is 18.2. The Labute approximate surface area is 408 Å². The number of hydrogen-bond acceptors (Lipinski definition) is 13. The third kappa shape index (κ3) is 11.0. The summed E-state index contributed by atoms with van der Waals surface area (Å²) in [5, 5.41) is 17.0. The van der Waals surface area contributed by atoms with Gasteiger partial charge in [-0.1, -0.05) is 43.2 Å². The first-order valence-corrected chi connectivity index (χ1v) is 27.7. The molecule has 9 rings (SSSR count). The summed E-state index contributed by atoms with van der Waals surface area (Å²) < 4.78 is 54.8. The minimum absolute atomic E-state index is 0.0963. The number of rotatable bonds is 14. The summed E-state index contributed by atoms with van der Waals surface area (Å²) in [5.41, 5.74) is 6.76. The van der Waals surface area contributed by atoms with Crippen LogP contribution in [-0.4, -0.2) is 105 Å². The number of aromatic nitrogens is 2. The van der Waals surface area contributed by atoms with E-state index in [0.29, 0.717) is 80.8 Å². The minimum atomic E-state index is -4.61. The zero-order chi connectivity index (χ0) is 48.5. The van der Waals surface area contributed by atoms with Crippen LogP contribution in [0.15, 0.2) is 89.5 Å². The highest BCUT2D eigenvalue weighted by Gasteiger charge is 2.33. The molecule has 0 atom stereocenters. The Bertz CT molecular complexity index is 2930. The van der Waals surface area contributed by atoms with Crippen LogP contribution in [0, 0.1) is 21.4 Å². The fraction of sp³-hybridized carbons (Fsp3) is 0.440. The van der Waals surface area contributed by atoms with Gasteiger partial charge in [0, 0.05) is 86.5 Å². The van der Waals surface area contributed by atoms with Crippen LogP contribution in [0.4, 0.5) is 28.4 Å². The third-order valence-electron chi connectivity index (χ3n) is 14.0. The number of aromatic amines is 1. The van der Waals surface area contributed by atoms with E-state index in [9.17, 15) is 27.9 Å². The number of fused-ring (bicyclic) bond motifs is 2. The van der Waals surface area contributed by atoms with Gasteiger partial charge >= 0.3 is 0 Å². The number of nitrogens with one attached hydrogen (secondary N) is 3. The van der Waals surface area contributed by atoms with Crippen molar-refractivity contribution in [2.24, 2.45) is 11.3 Å². The molecule has 16 nitrogen and oxygen atoms in total. The van der Waals surface area contributed by atoms with E-state index in [0.717, 1.165) is 74.1 Å². The van der Waals surface area contributed by atoms with Crippen molar-refractivity contribution in [3.63, 3.8) is 0 Å². The van der Waals surface area contributed by atoms with Gasteiger partial charge in [0.15, 0.2) is 0 Å². The molecule has 3 aliphatic heterocycles. The maximum atomic E-state index is 14.4. The van der Waals surface area contributed by atoms with E-state index >= 15 is 0 Å². The number of pyridine rings is 1. The Balaban J connectivity index is 0.963. The van der Waals surface area contributed by atoms with E-state index in [2.05, 4.69) is 50.8 Å². The molecule has 0 bridgehead atoms. The monoisotopic (exact) mass is 998 g/mol. The lowest BCUT2D eigenvalue weighted by Crippen LogP contribution is -2.47. The lowest BCUT2D eigenvalue weighted by Gasteiger charge is -2.39. The molecule has 69 heavy (non-hydrogen) atoms. The van der Waals surface area contributed by atoms with Crippen molar-refractivity contribution < 1.29 is 32.0 Å². The molecule has 2 fully saturated rings. The van der Waals surface area contributed by atoms with E-state index in [4.69, 9.17) is 25.8 Å². The summed E-state index contributed by atoms with van der Waals surface area (Å²) in [4.78, 5) is 40.4. The van der Waals surface area contributed by atoms with Crippen LogP contribution in [0.25, 0.3) is 16.6 Å². The Kier molecular flexibility index (Phi) is 14.2. The lowest BCUT2D eigenvalue weighted by molar-refractivity contribution is -0.384. The second kappa shape index (κ2) is 20.1. The second-order valence-corrected chi connectivity index (χ2v) is 24.3. The minimum Gasteiger partial charge on any atom is -0.476 e. The summed E-state index contributed by atoms with van der Waals surface area (Å²) in [5.74, 6) is -0.399. The average molecular weight is 1000 g/mol. The molecule has 5 heterocycles. The number of H-pyrrole nitrogens is 1. The Hall–Kier alpha value is -5.45. The Morgan fingerprint density at radius 3 is 2.52 bits per heavy atom.